The van der Waals surface area contributed by atoms with E-state index in [0.29, 0.717) is 11.4 Å². The summed E-state index contributed by atoms with van der Waals surface area (Å²) in [6, 6.07) is 9.98. The first kappa shape index (κ1) is 16.6. The minimum absolute atomic E-state index is 0.150. The molecule has 2 aromatic heterocycles. The van der Waals surface area contributed by atoms with Gasteiger partial charge in [0.15, 0.2) is 11.3 Å². The predicted molar refractivity (Wildman–Crippen MR) is 93.4 cm³/mol. The monoisotopic (exact) mass is 345 g/mol. The summed E-state index contributed by atoms with van der Waals surface area (Å²) >= 11 is 1.37. The molecule has 0 aliphatic carbocycles. The van der Waals surface area contributed by atoms with Crippen LogP contribution >= 0.6 is 11.3 Å². The zero-order valence-corrected chi connectivity index (χ0v) is 14.6. The summed E-state index contributed by atoms with van der Waals surface area (Å²) in [4.78, 5) is 18.4. The van der Waals surface area contributed by atoms with Crippen molar-refractivity contribution in [3.63, 3.8) is 0 Å². The fraction of sp³-hybridized carbons (Fsp3) is 0.294. The van der Waals surface area contributed by atoms with E-state index in [1.165, 1.54) is 25.6 Å². The highest BCUT2D eigenvalue weighted by molar-refractivity contribution is 7.19. The van der Waals surface area contributed by atoms with E-state index in [1.807, 2.05) is 47.9 Å². The number of carbonyl (C=O) groups is 1. The number of amides is 1. The lowest BCUT2D eigenvalue weighted by Gasteiger charge is -2.13. The van der Waals surface area contributed by atoms with Gasteiger partial charge in [0, 0.05) is 31.7 Å². The van der Waals surface area contributed by atoms with Gasteiger partial charge in [0.2, 0.25) is 0 Å². The van der Waals surface area contributed by atoms with Gasteiger partial charge in [0.1, 0.15) is 4.88 Å². The number of carbonyl (C=O) groups excluding carboxylic acids is 1. The Labute approximate surface area is 144 Å². The molecule has 3 rings (SSSR count). The van der Waals surface area contributed by atoms with E-state index in [0.717, 1.165) is 21.9 Å². The molecule has 1 aromatic carbocycles. The number of nitrogens with one attached hydrogen (secondary N) is 1. The number of rotatable bonds is 6. The maximum atomic E-state index is 12.4. The van der Waals surface area contributed by atoms with E-state index in [9.17, 15) is 4.79 Å². The summed E-state index contributed by atoms with van der Waals surface area (Å²) in [6.45, 7) is 2.21. The molecule has 0 aliphatic heterocycles. The van der Waals surface area contributed by atoms with Crippen LogP contribution in [0.25, 0.3) is 16.2 Å². The predicted octanol–water partition coefficient (Wildman–Crippen LogP) is 2.72. The normalized spacial score (nSPS) is 11.3. The van der Waals surface area contributed by atoms with Crippen LogP contribution in [0.2, 0.25) is 0 Å². The number of benzene rings is 1. The zero-order valence-electron chi connectivity index (χ0n) is 13.8. The third-order valence-electron chi connectivity index (χ3n) is 3.79. The lowest BCUT2D eigenvalue weighted by Crippen LogP contribution is -2.34. The van der Waals surface area contributed by atoms with E-state index in [1.54, 1.807) is 0 Å². The largest absolute Gasteiger partial charge is 0.354 e. The molecule has 0 unspecified atom stereocenters. The molecule has 1 amide bonds. The first-order valence-corrected chi connectivity index (χ1v) is 8.33. The highest BCUT2D eigenvalue weighted by Crippen LogP contribution is 2.26. The summed E-state index contributed by atoms with van der Waals surface area (Å²) < 4.78 is 12.1. The number of ether oxygens (including phenoxy) is 2. The van der Waals surface area contributed by atoms with Gasteiger partial charge in [0.05, 0.1) is 12.2 Å². The Kier molecular flexibility index (Phi) is 4.94. The van der Waals surface area contributed by atoms with Crippen molar-refractivity contribution in [2.75, 3.05) is 20.8 Å². The summed E-state index contributed by atoms with van der Waals surface area (Å²) in [7, 11) is 3.08. The van der Waals surface area contributed by atoms with Crippen LogP contribution in [0.5, 0.6) is 0 Å². The van der Waals surface area contributed by atoms with Crippen molar-refractivity contribution in [2.24, 2.45) is 0 Å². The SMILES string of the molecule is COC(CNC(=O)c1sc2nc(-c3ccccc3)cn2c1C)OC. The van der Waals surface area contributed by atoms with E-state index < -0.39 is 6.29 Å². The molecule has 0 bridgehead atoms. The minimum Gasteiger partial charge on any atom is -0.354 e. The first-order valence-electron chi connectivity index (χ1n) is 7.51. The number of methoxy groups -OCH3 is 2. The van der Waals surface area contributed by atoms with Crippen molar-refractivity contribution in [1.82, 2.24) is 14.7 Å². The molecule has 0 aliphatic rings. The maximum absolute atomic E-state index is 12.4. The van der Waals surface area contributed by atoms with Crippen molar-refractivity contribution in [3.8, 4) is 11.3 Å². The van der Waals surface area contributed by atoms with Crippen LogP contribution in [0.4, 0.5) is 0 Å². The molecule has 6 nitrogen and oxygen atoms in total. The Morgan fingerprint density at radius 1 is 1.29 bits per heavy atom. The van der Waals surface area contributed by atoms with Gasteiger partial charge in [-0.15, -0.1) is 0 Å². The number of imidazole rings is 1. The quantitative estimate of drug-likeness (QED) is 0.698. The highest BCUT2D eigenvalue weighted by atomic mass is 32.1. The average Bonchev–Trinajstić information content (AvgIpc) is 3.16. The van der Waals surface area contributed by atoms with Gasteiger partial charge >= 0.3 is 0 Å². The highest BCUT2D eigenvalue weighted by Gasteiger charge is 2.19. The second-order valence-corrected chi connectivity index (χ2v) is 6.25. The fourth-order valence-corrected chi connectivity index (χ4v) is 3.45. The molecular weight excluding hydrogens is 326 g/mol. The first-order chi connectivity index (χ1) is 11.6. The van der Waals surface area contributed by atoms with Gasteiger partial charge < -0.3 is 14.8 Å². The number of aromatic nitrogens is 2. The Hall–Kier alpha value is -2.22. The van der Waals surface area contributed by atoms with Crippen LogP contribution in [0.1, 0.15) is 15.4 Å². The smallest absolute Gasteiger partial charge is 0.263 e. The standard InChI is InChI=1S/C17H19N3O3S/c1-11-15(16(21)18-9-14(22-2)23-3)24-17-19-13(10-20(11)17)12-7-5-4-6-8-12/h4-8,10,14H,9H2,1-3H3,(H,18,21). The second kappa shape index (κ2) is 7.12. The number of aryl methyl sites for hydroxylation is 1. The van der Waals surface area contributed by atoms with Gasteiger partial charge in [-0.3, -0.25) is 9.20 Å². The van der Waals surface area contributed by atoms with E-state index in [-0.39, 0.29) is 5.91 Å². The molecule has 2 heterocycles. The summed E-state index contributed by atoms with van der Waals surface area (Å²) in [5, 5.41) is 2.82. The van der Waals surface area contributed by atoms with Crippen molar-refractivity contribution >= 4 is 22.2 Å². The number of nitrogens with zero attached hydrogens (tertiary/aromatic N) is 2. The van der Waals surface area contributed by atoms with Gasteiger partial charge in [-0.05, 0) is 6.92 Å². The number of hydrogen-bond acceptors (Lipinski definition) is 5. The fourth-order valence-electron chi connectivity index (χ4n) is 2.43. The van der Waals surface area contributed by atoms with E-state index >= 15 is 0 Å². The lowest BCUT2D eigenvalue weighted by atomic mass is 10.2. The molecule has 0 radical (unpaired) electrons. The van der Waals surface area contributed by atoms with Crippen LogP contribution in [-0.4, -0.2) is 42.3 Å². The molecule has 0 saturated heterocycles. The van der Waals surface area contributed by atoms with Gasteiger partial charge in [-0.25, -0.2) is 4.98 Å². The Bertz CT molecular complexity index is 838. The molecule has 0 spiro atoms. The number of fused-ring (bicyclic) bond motifs is 1. The van der Waals surface area contributed by atoms with Crippen LogP contribution in [0, 0.1) is 6.92 Å². The van der Waals surface area contributed by atoms with Gasteiger partial charge in [0.25, 0.3) is 5.91 Å². The third-order valence-corrected chi connectivity index (χ3v) is 4.94. The van der Waals surface area contributed by atoms with Crippen molar-refractivity contribution in [1.29, 1.82) is 0 Å². The molecule has 0 saturated carbocycles. The maximum Gasteiger partial charge on any atom is 0.263 e. The Morgan fingerprint density at radius 3 is 2.62 bits per heavy atom. The van der Waals surface area contributed by atoms with Crippen molar-refractivity contribution < 1.29 is 14.3 Å². The summed E-state index contributed by atoms with van der Waals surface area (Å²) in [6.07, 6.45) is 1.50. The molecule has 126 valence electrons. The average molecular weight is 345 g/mol. The molecule has 0 atom stereocenters. The van der Waals surface area contributed by atoms with E-state index in [2.05, 4.69) is 10.3 Å². The number of hydrogen-bond donors (Lipinski definition) is 1. The molecule has 24 heavy (non-hydrogen) atoms. The molecule has 0 fully saturated rings. The molecule has 3 aromatic rings. The molecule has 7 heteroatoms. The molecule has 1 N–H and O–H groups in total. The van der Waals surface area contributed by atoms with Crippen LogP contribution < -0.4 is 5.32 Å². The van der Waals surface area contributed by atoms with Gasteiger partial charge in [-0.2, -0.15) is 0 Å². The van der Waals surface area contributed by atoms with Crippen LogP contribution in [0.15, 0.2) is 36.5 Å². The number of thiazole rings is 1. The summed E-state index contributed by atoms with van der Waals surface area (Å²) in [5.74, 6) is -0.150. The minimum atomic E-state index is -0.456. The van der Waals surface area contributed by atoms with Crippen LogP contribution in [-0.2, 0) is 9.47 Å². The Morgan fingerprint density at radius 2 is 2.00 bits per heavy atom. The summed E-state index contributed by atoms with van der Waals surface area (Å²) in [5.41, 5.74) is 2.83. The van der Waals surface area contributed by atoms with Gasteiger partial charge in [-0.1, -0.05) is 41.7 Å². The Balaban J connectivity index is 1.82. The lowest BCUT2D eigenvalue weighted by molar-refractivity contribution is -0.0974. The zero-order chi connectivity index (χ0) is 17.1. The second-order valence-electron chi connectivity index (χ2n) is 5.27. The third kappa shape index (κ3) is 3.19. The molecular formula is C17H19N3O3S. The van der Waals surface area contributed by atoms with E-state index in [4.69, 9.17) is 9.47 Å². The topological polar surface area (TPSA) is 64.9 Å². The van der Waals surface area contributed by atoms with Crippen molar-refractivity contribution in [2.45, 2.75) is 13.2 Å². The van der Waals surface area contributed by atoms with Crippen molar-refractivity contribution in [3.05, 3.63) is 47.1 Å². The van der Waals surface area contributed by atoms with Crippen LogP contribution in [0.3, 0.4) is 0 Å².